The third-order valence-corrected chi connectivity index (χ3v) is 2.32. The van der Waals surface area contributed by atoms with Crippen molar-refractivity contribution in [1.82, 2.24) is 0 Å². The molecule has 0 amide bonds. The van der Waals surface area contributed by atoms with Gasteiger partial charge in [-0.2, -0.15) is 10.5 Å². The SMILES string of the molecule is N#Cc1cc2c(cc1C#N)C(=O)CC2=O. The number of hydrogen-bond acceptors (Lipinski definition) is 4. The first-order valence-electron chi connectivity index (χ1n) is 4.22. The average Bonchev–Trinajstić information content (AvgIpc) is 2.52. The highest BCUT2D eigenvalue weighted by Gasteiger charge is 2.28. The molecule has 0 aromatic heterocycles. The van der Waals surface area contributed by atoms with Crippen LogP contribution in [0.25, 0.3) is 0 Å². The van der Waals surface area contributed by atoms with E-state index in [2.05, 4.69) is 0 Å². The average molecular weight is 196 g/mol. The number of hydrogen-bond donors (Lipinski definition) is 0. The van der Waals surface area contributed by atoms with Crippen LogP contribution in [-0.2, 0) is 0 Å². The number of fused-ring (bicyclic) bond motifs is 1. The topological polar surface area (TPSA) is 81.7 Å². The predicted octanol–water partition coefficient (Wildman–Crippen LogP) is 1.20. The van der Waals surface area contributed by atoms with Crippen molar-refractivity contribution in [3.05, 3.63) is 34.4 Å². The molecule has 4 heteroatoms. The van der Waals surface area contributed by atoms with Crippen molar-refractivity contribution in [2.45, 2.75) is 6.42 Å². The Bertz CT molecular complexity index is 522. The molecule has 15 heavy (non-hydrogen) atoms. The highest BCUT2D eigenvalue weighted by atomic mass is 16.2. The lowest BCUT2D eigenvalue weighted by molar-refractivity contribution is 0.0923. The van der Waals surface area contributed by atoms with E-state index in [0.717, 1.165) is 0 Å². The van der Waals surface area contributed by atoms with Gasteiger partial charge in [0, 0.05) is 11.1 Å². The van der Waals surface area contributed by atoms with Crippen LogP contribution in [0.3, 0.4) is 0 Å². The Labute approximate surface area is 85.4 Å². The molecule has 4 nitrogen and oxygen atoms in total. The first-order chi connectivity index (χ1) is 7.17. The van der Waals surface area contributed by atoms with Gasteiger partial charge >= 0.3 is 0 Å². The van der Waals surface area contributed by atoms with Gasteiger partial charge in [-0.25, -0.2) is 0 Å². The van der Waals surface area contributed by atoms with Crippen LogP contribution in [0.15, 0.2) is 12.1 Å². The first kappa shape index (κ1) is 9.11. The third kappa shape index (κ3) is 1.20. The minimum Gasteiger partial charge on any atom is -0.294 e. The Morgan fingerprint density at radius 2 is 1.33 bits per heavy atom. The molecule has 70 valence electrons. The van der Waals surface area contributed by atoms with E-state index in [1.165, 1.54) is 12.1 Å². The molecule has 1 aromatic carbocycles. The maximum atomic E-state index is 11.3. The van der Waals surface area contributed by atoms with Crippen molar-refractivity contribution in [3.8, 4) is 12.1 Å². The van der Waals surface area contributed by atoms with Crippen molar-refractivity contribution in [2.24, 2.45) is 0 Å². The largest absolute Gasteiger partial charge is 0.294 e. The third-order valence-electron chi connectivity index (χ3n) is 2.32. The summed E-state index contributed by atoms with van der Waals surface area (Å²) in [5, 5.41) is 17.5. The Morgan fingerprint density at radius 1 is 0.933 bits per heavy atom. The Hall–Kier alpha value is -2.46. The van der Waals surface area contributed by atoms with Crippen molar-refractivity contribution >= 4 is 11.6 Å². The fraction of sp³-hybridized carbons (Fsp3) is 0.0909. The van der Waals surface area contributed by atoms with E-state index in [1.54, 1.807) is 0 Å². The standard InChI is InChI=1S/C11H4N2O2/c12-4-6-1-8-9(2-7(6)5-13)11(15)3-10(8)14/h1-2H,3H2. The van der Waals surface area contributed by atoms with Crippen LogP contribution in [0.4, 0.5) is 0 Å². The molecule has 1 aliphatic rings. The zero-order valence-corrected chi connectivity index (χ0v) is 7.57. The molecule has 1 aromatic rings. The number of carbonyl (C=O) groups excluding carboxylic acids is 2. The Morgan fingerprint density at radius 3 is 1.67 bits per heavy atom. The second kappa shape index (κ2) is 3.04. The fourth-order valence-corrected chi connectivity index (χ4v) is 1.58. The van der Waals surface area contributed by atoms with Gasteiger partial charge in [0.2, 0.25) is 0 Å². The molecule has 0 bridgehead atoms. The minimum absolute atomic E-state index is 0.138. The van der Waals surface area contributed by atoms with Crippen LogP contribution >= 0.6 is 0 Å². The van der Waals surface area contributed by atoms with E-state index in [4.69, 9.17) is 10.5 Å². The summed E-state index contributed by atoms with van der Waals surface area (Å²) in [6, 6.07) is 6.29. The lowest BCUT2D eigenvalue weighted by Crippen LogP contribution is -1.95. The van der Waals surface area contributed by atoms with Gasteiger partial charge in [-0.3, -0.25) is 9.59 Å². The van der Waals surface area contributed by atoms with Crippen molar-refractivity contribution in [1.29, 1.82) is 10.5 Å². The molecule has 0 radical (unpaired) electrons. The normalized spacial score (nSPS) is 13.2. The number of Topliss-reactive ketones (excluding diaryl/α,β-unsaturated/α-hetero) is 2. The molecule has 0 saturated carbocycles. The number of nitriles is 2. The second-order valence-electron chi connectivity index (χ2n) is 3.19. The molecule has 2 rings (SSSR count). The molecule has 1 aliphatic carbocycles. The van der Waals surface area contributed by atoms with Crippen LogP contribution in [0, 0.1) is 22.7 Å². The minimum atomic E-state index is -0.281. The molecule has 0 N–H and O–H groups in total. The fourth-order valence-electron chi connectivity index (χ4n) is 1.58. The van der Waals surface area contributed by atoms with Gasteiger partial charge < -0.3 is 0 Å². The molecule has 0 unspecified atom stereocenters. The molecule has 0 spiro atoms. The van der Waals surface area contributed by atoms with Gasteiger partial charge in [0.1, 0.15) is 12.1 Å². The maximum Gasteiger partial charge on any atom is 0.171 e. The summed E-state index contributed by atoms with van der Waals surface area (Å²) >= 11 is 0. The quantitative estimate of drug-likeness (QED) is 0.583. The summed E-state index contributed by atoms with van der Waals surface area (Å²) in [5.74, 6) is -0.563. The van der Waals surface area contributed by atoms with Gasteiger partial charge in [-0.05, 0) is 12.1 Å². The van der Waals surface area contributed by atoms with Crippen molar-refractivity contribution in [3.63, 3.8) is 0 Å². The van der Waals surface area contributed by atoms with E-state index in [9.17, 15) is 9.59 Å². The second-order valence-corrected chi connectivity index (χ2v) is 3.19. The molecule has 0 aliphatic heterocycles. The van der Waals surface area contributed by atoms with Gasteiger partial charge in [-0.1, -0.05) is 0 Å². The highest BCUT2D eigenvalue weighted by Crippen LogP contribution is 2.25. The molecular weight excluding hydrogens is 192 g/mol. The summed E-state index contributed by atoms with van der Waals surface area (Å²) in [6.45, 7) is 0. The highest BCUT2D eigenvalue weighted by molar-refractivity contribution is 6.24. The lowest BCUT2D eigenvalue weighted by Gasteiger charge is -1.98. The van der Waals surface area contributed by atoms with Gasteiger partial charge in [0.15, 0.2) is 11.6 Å². The summed E-state index contributed by atoms with van der Waals surface area (Å²) in [5.41, 5.74) is 0.796. The summed E-state index contributed by atoms with van der Waals surface area (Å²) in [7, 11) is 0. The van der Waals surface area contributed by atoms with E-state index < -0.39 is 0 Å². The zero-order chi connectivity index (χ0) is 11.0. The number of nitrogens with zero attached hydrogens (tertiary/aromatic N) is 2. The van der Waals surface area contributed by atoms with Crippen LogP contribution in [0.1, 0.15) is 38.3 Å². The van der Waals surface area contributed by atoms with Crippen molar-refractivity contribution in [2.75, 3.05) is 0 Å². The van der Waals surface area contributed by atoms with Crippen LogP contribution < -0.4 is 0 Å². The Kier molecular flexibility index (Phi) is 1.85. The predicted molar refractivity (Wildman–Crippen MR) is 49.2 cm³/mol. The number of ketones is 2. The van der Waals surface area contributed by atoms with Crippen LogP contribution in [0.2, 0.25) is 0 Å². The lowest BCUT2D eigenvalue weighted by atomic mass is 10.0. The monoisotopic (exact) mass is 196 g/mol. The molecular formula is C11H4N2O2. The summed E-state index contributed by atoms with van der Waals surface area (Å²) in [4.78, 5) is 22.7. The van der Waals surface area contributed by atoms with E-state index in [-0.39, 0.29) is 40.2 Å². The molecule has 0 saturated heterocycles. The van der Waals surface area contributed by atoms with E-state index in [1.807, 2.05) is 12.1 Å². The smallest absolute Gasteiger partial charge is 0.171 e. The molecule has 0 atom stereocenters. The summed E-state index contributed by atoms with van der Waals surface area (Å²) < 4.78 is 0. The van der Waals surface area contributed by atoms with Crippen LogP contribution in [0.5, 0.6) is 0 Å². The first-order valence-corrected chi connectivity index (χ1v) is 4.22. The summed E-state index contributed by atoms with van der Waals surface area (Å²) in [6.07, 6.45) is -0.158. The van der Waals surface area contributed by atoms with Gasteiger partial charge in [0.25, 0.3) is 0 Å². The van der Waals surface area contributed by atoms with Gasteiger partial charge in [-0.15, -0.1) is 0 Å². The zero-order valence-electron chi connectivity index (χ0n) is 7.57. The number of rotatable bonds is 0. The maximum absolute atomic E-state index is 11.3. The Balaban J connectivity index is 2.77. The molecule has 0 heterocycles. The van der Waals surface area contributed by atoms with E-state index in [0.29, 0.717) is 0 Å². The van der Waals surface area contributed by atoms with Crippen LogP contribution in [-0.4, -0.2) is 11.6 Å². The number of benzene rings is 1. The van der Waals surface area contributed by atoms with Gasteiger partial charge in [0.05, 0.1) is 17.5 Å². The number of carbonyl (C=O) groups is 2. The molecule has 0 fully saturated rings. The van der Waals surface area contributed by atoms with Crippen molar-refractivity contribution < 1.29 is 9.59 Å². The van der Waals surface area contributed by atoms with E-state index >= 15 is 0 Å².